The Labute approximate surface area is 170 Å². The van der Waals surface area contributed by atoms with Gasteiger partial charge in [-0.1, -0.05) is 12.2 Å². The minimum absolute atomic E-state index is 0.0424. The van der Waals surface area contributed by atoms with Crippen molar-refractivity contribution in [2.45, 2.75) is 12.6 Å². The highest BCUT2D eigenvalue weighted by molar-refractivity contribution is 6.07. The van der Waals surface area contributed by atoms with Crippen LogP contribution in [0.15, 0.2) is 36.4 Å². The first-order valence-electron chi connectivity index (χ1n) is 9.78. The van der Waals surface area contributed by atoms with Crippen molar-refractivity contribution in [1.82, 2.24) is 4.90 Å². The molecule has 6 atom stereocenters. The maximum atomic E-state index is 13.3. The van der Waals surface area contributed by atoms with Gasteiger partial charge < -0.3 is 4.74 Å². The zero-order valence-electron chi connectivity index (χ0n) is 16.0. The number of carbonyl (C=O) groups excluding carboxylic acids is 3. The molecule has 4 aliphatic carbocycles. The number of halogens is 3. The van der Waals surface area contributed by atoms with Crippen LogP contribution in [0.2, 0.25) is 0 Å². The Hall–Kier alpha value is -2.84. The molecule has 9 heteroatoms. The van der Waals surface area contributed by atoms with Crippen LogP contribution < -0.4 is 9.64 Å². The van der Waals surface area contributed by atoms with Crippen molar-refractivity contribution in [3.63, 3.8) is 0 Å². The summed E-state index contributed by atoms with van der Waals surface area (Å²) in [5, 5.41) is 0. The third-order valence-corrected chi connectivity index (χ3v) is 6.91. The summed E-state index contributed by atoms with van der Waals surface area (Å²) in [6.45, 7) is -0.760. The van der Waals surface area contributed by atoms with E-state index in [0.29, 0.717) is 22.5 Å². The molecule has 0 radical (unpaired) electrons. The van der Waals surface area contributed by atoms with E-state index < -0.39 is 42.4 Å². The monoisotopic (exact) mass is 420 g/mol. The summed E-state index contributed by atoms with van der Waals surface area (Å²) in [6, 6.07) is 5.41. The third kappa shape index (κ3) is 2.67. The fourth-order valence-corrected chi connectivity index (χ4v) is 5.48. The highest BCUT2D eigenvalue weighted by Crippen LogP contribution is 2.65. The maximum Gasteiger partial charge on any atom is 0.471 e. The van der Waals surface area contributed by atoms with Crippen LogP contribution in [-0.4, -0.2) is 42.6 Å². The summed E-state index contributed by atoms with van der Waals surface area (Å²) in [6.07, 6.45) is -0.200. The van der Waals surface area contributed by atoms with E-state index in [4.69, 9.17) is 4.74 Å². The number of ether oxygens (including phenoxy) is 1. The molecule has 1 aliphatic heterocycles. The summed E-state index contributed by atoms with van der Waals surface area (Å²) in [5.74, 6) is -3.08. The first kappa shape index (κ1) is 19.1. The Bertz CT molecular complexity index is 922. The molecule has 6 rings (SSSR count). The van der Waals surface area contributed by atoms with Crippen LogP contribution in [0, 0.1) is 35.5 Å². The number of carbonyl (C=O) groups is 3. The zero-order chi connectivity index (χ0) is 21.4. The van der Waals surface area contributed by atoms with Gasteiger partial charge in [0.05, 0.1) is 18.9 Å². The average Bonchev–Trinajstić information content (AvgIpc) is 3.51. The number of methoxy groups -OCH3 is 1. The topological polar surface area (TPSA) is 66.9 Å². The van der Waals surface area contributed by atoms with Gasteiger partial charge in [0, 0.05) is 5.69 Å². The normalized spacial score (nSPS) is 33.4. The number of imide groups is 1. The average molecular weight is 420 g/mol. The molecule has 1 aromatic rings. The highest BCUT2D eigenvalue weighted by Gasteiger charge is 2.67. The van der Waals surface area contributed by atoms with Crippen molar-refractivity contribution < 1.29 is 32.3 Å². The van der Waals surface area contributed by atoms with E-state index in [-0.39, 0.29) is 17.5 Å². The van der Waals surface area contributed by atoms with Crippen LogP contribution in [0.1, 0.15) is 6.42 Å². The van der Waals surface area contributed by atoms with E-state index in [1.165, 1.54) is 31.4 Å². The Morgan fingerprint density at radius 1 is 1.07 bits per heavy atom. The standard InChI is InChI=1S/C21H19F3N2O4/c1-30-11-4-2-10(3-5-11)25(20(29)21(22,23)24)9-26-18(27)16-12-6-7-13(15-8-14(12)15)17(16)19(26)28/h2-7,12-17H,8-9H2,1H3/t12-,13-,14-,15-,16+,17+/m1/s1. The molecule has 5 aliphatic rings. The zero-order valence-corrected chi connectivity index (χ0v) is 16.0. The van der Waals surface area contributed by atoms with Crippen molar-refractivity contribution in [2.24, 2.45) is 35.5 Å². The number of rotatable bonds is 4. The molecule has 0 unspecified atom stereocenters. The number of amides is 3. The number of anilines is 1. The Balaban J connectivity index is 1.45. The molecule has 158 valence electrons. The molecule has 2 bridgehead atoms. The van der Waals surface area contributed by atoms with Gasteiger partial charge in [0.2, 0.25) is 11.8 Å². The molecule has 1 saturated heterocycles. The predicted octanol–water partition coefficient (Wildman–Crippen LogP) is 2.60. The molecule has 6 nitrogen and oxygen atoms in total. The largest absolute Gasteiger partial charge is 0.497 e. The molecule has 30 heavy (non-hydrogen) atoms. The maximum absolute atomic E-state index is 13.3. The van der Waals surface area contributed by atoms with Crippen molar-refractivity contribution in [3.05, 3.63) is 36.4 Å². The number of likely N-dealkylation sites (tertiary alicyclic amines) is 1. The summed E-state index contributed by atoms with van der Waals surface area (Å²) in [5.41, 5.74) is -0.0717. The Morgan fingerprint density at radius 2 is 1.60 bits per heavy atom. The van der Waals surface area contributed by atoms with Gasteiger partial charge in [0.25, 0.3) is 0 Å². The first-order chi connectivity index (χ1) is 14.2. The molecular formula is C21H19F3N2O4. The van der Waals surface area contributed by atoms with E-state index in [9.17, 15) is 27.6 Å². The van der Waals surface area contributed by atoms with Crippen LogP contribution in [-0.2, 0) is 14.4 Å². The highest BCUT2D eigenvalue weighted by atomic mass is 19.4. The van der Waals surface area contributed by atoms with Crippen LogP contribution in [0.5, 0.6) is 5.75 Å². The second-order valence-corrected chi connectivity index (χ2v) is 8.33. The van der Waals surface area contributed by atoms with Crippen LogP contribution in [0.25, 0.3) is 0 Å². The van der Waals surface area contributed by atoms with E-state index in [0.717, 1.165) is 11.3 Å². The third-order valence-electron chi connectivity index (χ3n) is 6.91. The fourth-order valence-electron chi connectivity index (χ4n) is 5.48. The van der Waals surface area contributed by atoms with E-state index in [1.54, 1.807) is 0 Å². The van der Waals surface area contributed by atoms with E-state index in [2.05, 4.69) is 0 Å². The smallest absolute Gasteiger partial charge is 0.471 e. The fraction of sp³-hybridized carbons (Fsp3) is 0.476. The minimum Gasteiger partial charge on any atom is -0.497 e. The number of allylic oxidation sites excluding steroid dienone is 2. The number of hydrogen-bond donors (Lipinski definition) is 0. The van der Waals surface area contributed by atoms with Crippen molar-refractivity contribution in [3.8, 4) is 5.75 Å². The van der Waals surface area contributed by atoms with Gasteiger partial charge >= 0.3 is 12.1 Å². The minimum atomic E-state index is -5.15. The lowest BCUT2D eigenvalue weighted by Crippen LogP contribution is -2.49. The quantitative estimate of drug-likeness (QED) is 0.555. The van der Waals surface area contributed by atoms with Crippen molar-refractivity contribution in [2.75, 3.05) is 18.7 Å². The lowest BCUT2D eigenvalue weighted by molar-refractivity contribution is -0.171. The number of hydrogen-bond acceptors (Lipinski definition) is 4. The molecule has 0 aromatic heterocycles. The molecule has 1 aromatic carbocycles. The Kier molecular flexibility index (Phi) is 4.04. The predicted molar refractivity (Wildman–Crippen MR) is 98.0 cm³/mol. The van der Waals surface area contributed by atoms with Crippen molar-refractivity contribution in [1.29, 1.82) is 0 Å². The lowest BCUT2D eigenvalue weighted by atomic mass is 9.63. The number of alkyl halides is 3. The van der Waals surface area contributed by atoms with Crippen LogP contribution in [0.4, 0.5) is 18.9 Å². The van der Waals surface area contributed by atoms with Gasteiger partial charge in [-0.05, 0) is 54.4 Å². The summed E-state index contributed by atoms with van der Waals surface area (Å²) < 4.78 is 44.8. The van der Waals surface area contributed by atoms with Gasteiger partial charge in [-0.3, -0.25) is 24.2 Å². The summed E-state index contributed by atoms with van der Waals surface area (Å²) in [7, 11) is 1.41. The molecule has 0 N–H and O–H groups in total. The second kappa shape index (κ2) is 6.33. The van der Waals surface area contributed by atoms with E-state index >= 15 is 0 Å². The van der Waals surface area contributed by atoms with Crippen LogP contribution >= 0.6 is 0 Å². The van der Waals surface area contributed by atoms with Gasteiger partial charge in [0.1, 0.15) is 12.4 Å². The van der Waals surface area contributed by atoms with E-state index in [1.807, 2.05) is 12.2 Å². The molecule has 3 amide bonds. The molecular weight excluding hydrogens is 401 g/mol. The van der Waals surface area contributed by atoms with Gasteiger partial charge in [-0.15, -0.1) is 0 Å². The summed E-state index contributed by atoms with van der Waals surface area (Å²) in [4.78, 5) is 39.6. The van der Waals surface area contributed by atoms with Gasteiger partial charge in [0.15, 0.2) is 0 Å². The number of benzene rings is 1. The SMILES string of the molecule is COc1ccc(N(CN2C(=O)[C@H]3[C@@H]4C=C[C@H]([C@H]5C[C@H]45)[C@@H]3C2=O)C(=O)C(F)(F)F)cc1. The molecule has 3 fully saturated rings. The first-order valence-corrected chi connectivity index (χ1v) is 9.78. The molecule has 1 heterocycles. The number of nitrogens with zero attached hydrogens (tertiary/aromatic N) is 2. The van der Waals surface area contributed by atoms with Gasteiger partial charge in [-0.2, -0.15) is 13.2 Å². The van der Waals surface area contributed by atoms with Gasteiger partial charge in [-0.25, -0.2) is 0 Å². The summed E-state index contributed by atoms with van der Waals surface area (Å²) >= 11 is 0. The molecule has 2 saturated carbocycles. The van der Waals surface area contributed by atoms with Crippen molar-refractivity contribution >= 4 is 23.4 Å². The second-order valence-electron chi connectivity index (χ2n) is 8.33. The van der Waals surface area contributed by atoms with Crippen LogP contribution in [0.3, 0.4) is 0 Å². The lowest BCUT2D eigenvalue weighted by Gasteiger charge is -2.37. The molecule has 0 spiro atoms. The Morgan fingerprint density at radius 3 is 2.07 bits per heavy atom.